The molecule has 3 aromatic rings. The summed E-state index contributed by atoms with van der Waals surface area (Å²) in [5.41, 5.74) is 5.50. The number of carbonyl (C=O) groups excluding carboxylic acids is 1. The molecule has 0 aliphatic heterocycles. The normalized spacial score (nSPS) is 11.6. The van der Waals surface area contributed by atoms with Gasteiger partial charge < -0.3 is 4.98 Å². The van der Waals surface area contributed by atoms with E-state index in [0.717, 1.165) is 16.6 Å². The molecule has 3 N–H and O–H groups in total. The van der Waals surface area contributed by atoms with Crippen molar-refractivity contribution in [1.29, 1.82) is 0 Å². The summed E-state index contributed by atoms with van der Waals surface area (Å²) in [7, 11) is -3.82. The molecule has 1 aromatic heterocycles. The third-order valence-corrected chi connectivity index (χ3v) is 5.93. The number of thioether (sulfide) groups is 1. The molecule has 0 radical (unpaired) electrons. The van der Waals surface area contributed by atoms with E-state index in [9.17, 15) is 13.2 Å². The number of rotatable bonds is 6. The molecule has 0 fully saturated rings. The Morgan fingerprint density at radius 3 is 2.69 bits per heavy atom. The lowest BCUT2D eigenvalue weighted by Crippen LogP contribution is -2.42. The number of hydrogen-bond donors (Lipinski definition) is 3. The quantitative estimate of drug-likeness (QED) is 0.442. The van der Waals surface area contributed by atoms with Crippen molar-refractivity contribution in [1.82, 2.24) is 20.2 Å². The van der Waals surface area contributed by atoms with Crippen molar-refractivity contribution in [3.63, 3.8) is 0 Å². The Labute approximate surface area is 155 Å². The van der Waals surface area contributed by atoms with Crippen LogP contribution < -0.4 is 10.3 Å². The van der Waals surface area contributed by atoms with Crippen LogP contribution >= 0.6 is 11.8 Å². The predicted molar refractivity (Wildman–Crippen MR) is 101 cm³/mol. The van der Waals surface area contributed by atoms with E-state index < -0.39 is 15.9 Å². The summed E-state index contributed by atoms with van der Waals surface area (Å²) >= 11 is 1.19. The van der Waals surface area contributed by atoms with Gasteiger partial charge in [0.15, 0.2) is 5.16 Å². The van der Waals surface area contributed by atoms with E-state index in [-0.39, 0.29) is 10.6 Å². The number of fused-ring (bicyclic) bond motifs is 1. The highest BCUT2D eigenvalue weighted by Crippen LogP contribution is 2.19. The third kappa shape index (κ3) is 4.24. The number of carbonyl (C=O) groups is 1. The van der Waals surface area contributed by atoms with Gasteiger partial charge in [-0.3, -0.25) is 10.2 Å². The second-order valence-electron chi connectivity index (χ2n) is 5.77. The maximum atomic E-state index is 12.3. The first-order valence-electron chi connectivity index (χ1n) is 7.80. The number of nitrogens with zero attached hydrogens (tertiary/aromatic N) is 1. The van der Waals surface area contributed by atoms with E-state index in [4.69, 9.17) is 0 Å². The number of hydrogen-bond acceptors (Lipinski definition) is 5. The Hall–Kier alpha value is -2.36. The number of hydrazine groups is 1. The molecule has 0 unspecified atom stereocenters. The SMILES string of the molecule is Cc1ccc(S(=O)(=O)NNC(=O)CSc2nc3ccccc3[nH]2)c(C)c1. The molecule has 0 saturated heterocycles. The number of H-pyrrole nitrogens is 1. The molecule has 1 amide bonds. The second-order valence-corrected chi connectivity index (χ2v) is 8.39. The lowest BCUT2D eigenvalue weighted by molar-refractivity contribution is -0.119. The van der Waals surface area contributed by atoms with Crippen LogP contribution in [0, 0.1) is 13.8 Å². The molecule has 26 heavy (non-hydrogen) atoms. The minimum absolute atomic E-state index is 0.0230. The van der Waals surface area contributed by atoms with E-state index in [0.29, 0.717) is 10.7 Å². The summed E-state index contributed by atoms with van der Waals surface area (Å²) in [5, 5.41) is 0.596. The van der Waals surface area contributed by atoms with Gasteiger partial charge in [-0.05, 0) is 37.6 Å². The van der Waals surface area contributed by atoms with Gasteiger partial charge in [0.05, 0.1) is 21.7 Å². The molecule has 136 valence electrons. The van der Waals surface area contributed by atoms with Gasteiger partial charge in [0.25, 0.3) is 10.0 Å². The van der Waals surface area contributed by atoms with Crippen molar-refractivity contribution < 1.29 is 13.2 Å². The van der Waals surface area contributed by atoms with E-state index in [1.807, 2.05) is 31.2 Å². The maximum Gasteiger partial charge on any atom is 0.257 e. The van der Waals surface area contributed by atoms with Crippen molar-refractivity contribution in [2.75, 3.05) is 5.75 Å². The third-order valence-electron chi connectivity index (χ3n) is 3.65. The number of aromatic amines is 1. The Morgan fingerprint density at radius 1 is 1.19 bits per heavy atom. The van der Waals surface area contributed by atoms with Crippen LogP contribution in [-0.4, -0.2) is 30.0 Å². The average molecular weight is 390 g/mol. The molecule has 3 rings (SSSR count). The van der Waals surface area contributed by atoms with Crippen LogP contribution in [0.15, 0.2) is 52.5 Å². The summed E-state index contributed by atoms with van der Waals surface area (Å²) in [6.07, 6.45) is 0. The van der Waals surface area contributed by atoms with Crippen LogP contribution in [0.3, 0.4) is 0 Å². The Kier molecular flexibility index (Phi) is 5.30. The van der Waals surface area contributed by atoms with Gasteiger partial charge >= 0.3 is 0 Å². The van der Waals surface area contributed by atoms with E-state index >= 15 is 0 Å². The molecule has 0 saturated carbocycles. The molecule has 9 heteroatoms. The second kappa shape index (κ2) is 7.48. The Bertz CT molecular complexity index is 1030. The standard InChI is InChI=1S/C17H18N4O3S2/c1-11-7-8-15(12(2)9-11)26(23,24)21-20-16(22)10-25-17-18-13-5-3-4-6-14(13)19-17/h3-9,21H,10H2,1-2H3,(H,18,19)(H,20,22). The lowest BCUT2D eigenvalue weighted by Gasteiger charge is -2.10. The summed E-state index contributed by atoms with van der Waals surface area (Å²) < 4.78 is 24.6. The van der Waals surface area contributed by atoms with Crippen LogP contribution in [0.1, 0.15) is 11.1 Å². The first kappa shape index (κ1) is 18.4. The number of sulfonamides is 1. The highest BCUT2D eigenvalue weighted by molar-refractivity contribution is 7.99. The average Bonchev–Trinajstić information content (AvgIpc) is 3.01. The number of benzene rings is 2. The summed E-state index contributed by atoms with van der Waals surface area (Å²) in [6, 6.07) is 12.5. The van der Waals surface area contributed by atoms with Crippen LogP contribution in [0.5, 0.6) is 0 Å². The smallest absolute Gasteiger partial charge is 0.257 e. The highest BCUT2D eigenvalue weighted by atomic mass is 32.2. The molecular weight excluding hydrogens is 372 g/mol. The molecule has 0 spiro atoms. The fraction of sp³-hybridized carbons (Fsp3) is 0.176. The first-order valence-corrected chi connectivity index (χ1v) is 10.3. The van der Waals surface area contributed by atoms with E-state index in [1.165, 1.54) is 17.8 Å². The van der Waals surface area contributed by atoms with Crippen molar-refractivity contribution >= 4 is 38.7 Å². The van der Waals surface area contributed by atoms with Crippen molar-refractivity contribution in [3.05, 3.63) is 53.6 Å². The highest BCUT2D eigenvalue weighted by Gasteiger charge is 2.17. The number of para-hydroxylation sites is 2. The summed E-state index contributed by atoms with van der Waals surface area (Å²) in [6.45, 7) is 3.59. The molecule has 0 aliphatic carbocycles. The van der Waals surface area contributed by atoms with Gasteiger partial charge in [-0.2, -0.15) is 0 Å². The molecule has 0 atom stereocenters. The predicted octanol–water partition coefficient (Wildman–Crippen LogP) is 2.28. The molecule has 1 heterocycles. The topological polar surface area (TPSA) is 104 Å². The van der Waals surface area contributed by atoms with Gasteiger partial charge in [0, 0.05) is 0 Å². The number of imidazole rings is 1. The summed E-state index contributed by atoms with van der Waals surface area (Å²) in [4.78, 5) is 21.7. The van der Waals surface area contributed by atoms with Gasteiger partial charge in [-0.25, -0.2) is 13.4 Å². The number of amides is 1. The molecular formula is C17H18N4O3S2. The Morgan fingerprint density at radius 2 is 1.96 bits per heavy atom. The van der Waals surface area contributed by atoms with Gasteiger partial charge in [0.2, 0.25) is 5.91 Å². The first-order chi connectivity index (χ1) is 12.3. The van der Waals surface area contributed by atoms with Gasteiger partial charge in [-0.1, -0.05) is 41.6 Å². The number of nitrogens with one attached hydrogen (secondary N) is 3. The molecule has 7 nitrogen and oxygen atoms in total. The zero-order valence-corrected chi connectivity index (χ0v) is 15.9. The van der Waals surface area contributed by atoms with Gasteiger partial charge in [-0.15, -0.1) is 4.83 Å². The maximum absolute atomic E-state index is 12.3. The van der Waals surface area contributed by atoms with Crippen molar-refractivity contribution in [2.45, 2.75) is 23.9 Å². The van der Waals surface area contributed by atoms with E-state index in [1.54, 1.807) is 19.1 Å². The fourth-order valence-electron chi connectivity index (χ4n) is 2.45. The van der Waals surface area contributed by atoms with Crippen LogP contribution in [-0.2, 0) is 14.8 Å². The van der Waals surface area contributed by atoms with Crippen molar-refractivity contribution in [2.24, 2.45) is 0 Å². The molecule has 2 aromatic carbocycles. The van der Waals surface area contributed by atoms with Crippen LogP contribution in [0.25, 0.3) is 11.0 Å². The molecule has 0 bridgehead atoms. The number of aromatic nitrogens is 2. The summed E-state index contributed by atoms with van der Waals surface area (Å²) in [5.74, 6) is -0.446. The monoisotopic (exact) mass is 390 g/mol. The minimum Gasteiger partial charge on any atom is -0.333 e. The Balaban J connectivity index is 1.57. The molecule has 0 aliphatic rings. The van der Waals surface area contributed by atoms with Crippen molar-refractivity contribution in [3.8, 4) is 0 Å². The minimum atomic E-state index is -3.82. The van der Waals surface area contributed by atoms with Crippen LogP contribution in [0.2, 0.25) is 0 Å². The van der Waals surface area contributed by atoms with E-state index in [2.05, 4.69) is 20.2 Å². The van der Waals surface area contributed by atoms with Crippen LogP contribution in [0.4, 0.5) is 0 Å². The fourth-order valence-corrected chi connectivity index (χ4v) is 4.22. The number of aryl methyl sites for hydroxylation is 2. The zero-order chi connectivity index (χ0) is 18.7. The zero-order valence-electron chi connectivity index (χ0n) is 14.2. The largest absolute Gasteiger partial charge is 0.333 e. The lowest BCUT2D eigenvalue weighted by atomic mass is 10.2. The van der Waals surface area contributed by atoms with Gasteiger partial charge in [0.1, 0.15) is 0 Å².